The van der Waals surface area contributed by atoms with E-state index in [1.54, 1.807) is 26.1 Å². The van der Waals surface area contributed by atoms with Gasteiger partial charge in [0.05, 0.1) is 0 Å². The van der Waals surface area contributed by atoms with Crippen LogP contribution >= 0.6 is 12.4 Å². The Balaban J connectivity index is 0.00000324. The van der Waals surface area contributed by atoms with E-state index in [4.69, 9.17) is 0 Å². The van der Waals surface area contributed by atoms with E-state index in [9.17, 15) is 9.59 Å². The van der Waals surface area contributed by atoms with Gasteiger partial charge in [-0.15, -0.1) is 12.4 Å². The van der Waals surface area contributed by atoms with E-state index in [0.717, 1.165) is 5.69 Å². The van der Waals surface area contributed by atoms with Gasteiger partial charge in [-0.05, 0) is 26.1 Å². The Bertz CT molecular complexity index is 398. The molecule has 1 unspecified atom stereocenters. The van der Waals surface area contributed by atoms with Crippen LogP contribution in [0.5, 0.6) is 0 Å². The third-order valence-corrected chi connectivity index (χ3v) is 2.41. The molecule has 0 aromatic heterocycles. The number of anilines is 1. The first kappa shape index (κ1) is 17.4. The minimum Gasteiger partial charge on any atom is -0.345 e. The maximum absolute atomic E-state index is 11.8. The van der Waals surface area contributed by atoms with Gasteiger partial charge in [0, 0.05) is 18.7 Å². The van der Waals surface area contributed by atoms with Crippen LogP contribution in [-0.2, 0) is 9.59 Å². The van der Waals surface area contributed by atoms with Crippen LogP contribution in [0.2, 0.25) is 0 Å². The smallest absolute Gasteiger partial charge is 0.246 e. The Hall–Kier alpha value is -1.59. The molecule has 3 N–H and O–H groups in total. The largest absolute Gasteiger partial charge is 0.345 e. The highest BCUT2D eigenvalue weighted by Gasteiger charge is 2.14. The molecule has 0 heterocycles. The van der Waals surface area contributed by atoms with E-state index in [1.165, 1.54) is 0 Å². The molecule has 6 heteroatoms. The van der Waals surface area contributed by atoms with Gasteiger partial charge in [0.1, 0.15) is 6.04 Å². The van der Waals surface area contributed by atoms with Gasteiger partial charge >= 0.3 is 0 Å². The number of para-hydroxylation sites is 1. The second-order valence-corrected chi connectivity index (χ2v) is 4.00. The highest BCUT2D eigenvalue weighted by Crippen LogP contribution is 2.05. The van der Waals surface area contributed by atoms with Crippen LogP contribution < -0.4 is 16.0 Å². The highest BCUT2D eigenvalue weighted by atomic mass is 35.5. The van der Waals surface area contributed by atoms with Crippen molar-refractivity contribution < 1.29 is 9.59 Å². The van der Waals surface area contributed by atoms with Gasteiger partial charge in [-0.25, -0.2) is 0 Å². The van der Waals surface area contributed by atoms with Gasteiger partial charge in [0.15, 0.2) is 0 Å². The van der Waals surface area contributed by atoms with Crippen molar-refractivity contribution >= 4 is 29.9 Å². The summed E-state index contributed by atoms with van der Waals surface area (Å²) in [6, 6.07) is 8.60. The van der Waals surface area contributed by atoms with Gasteiger partial charge < -0.3 is 16.0 Å². The first-order valence-electron chi connectivity index (χ1n) is 5.93. The second kappa shape index (κ2) is 9.35. The molecule has 0 aliphatic heterocycles. The van der Waals surface area contributed by atoms with Crippen LogP contribution in [0.25, 0.3) is 0 Å². The lowest BCUT2D eigenvalue weighted by atomic mass is 10.2. The lowest BCUT2D eigenvalue weighted by Gasteiger charge is -2.14. The number of hydrogen-bond donors (Lipinski definition) is 3. The molecule has 5 nitrogen and oxygen atoms in total. The third-order valence-electron chi connectivity index (χ3n) is 2.41. The maximum Gasteiger partial charge on any atom is 0.246 e. The van der Waals surface area contributed by atoms with Gasteiger partial charge in [0.25, 0.3) is 0 Å². The number of halogens is 1. The fourth-order valence-corrected chi connectivity index (χ4v) is 1.39. The molecule has 1 rings (SSSR count). The molecule has 0 aliphatic rings. The normalized spacial score (nSPS) is 11.1. The molecule has 0 fully saturated rings. The van der Waals surface area contributed by atoms with E-state index in [1.807, 2.05) is 18.2 Å². The minimum atomic E-state index is -0.547. The molecule has 0 aliphatic carbocycles. The molecule has 1 aromatic carbocycles. The number of nitrogens with one attached hydrogen (secondary N) is 3. The van der Waals surface area contributed by atoms with E-state index >= 15 is 0 Å². The van der Waals surface area contributed by atoms with Gasteiger partial charge in [-0.3, -0.25) is 9.59 Å². The van der Waals surface area contributed by atoms with Crippen molar-refractivity contribution in [2.24, 2.45) is 0 Å². The third kappa shape index (κ3) is 6.79. The topological polar surface area (TPSA) is 70.2 Å². The Kier molecular flexibility index (Phi) is 8.57. The Morgan fingerprint density at radius 2 is 1.84 bits per heavy atom. The van der Waals surface area contributed by atoms with Crippen LogP contribution in [0, 0.1) is 0 Å². The molecule has 0 bridgehead atoms. The van der Waals surface area contributed by atoms with Gasteiger partial charge in [-0.2, -0.15) is 0 Å². The summed E-state index contributed by atoms with van der Waals surface area (Å²) in [5.74, 6) is -0.362. The Labute approximate surface area is 119 Å². The van der Waals surface area contributed by atoms with Gasteiger partial charge in [-0.1, -0.05) is 18.2 Å². The predicted molar refractivity (Wildman–Crippen MR) is 78.5 cm³/mol. The molecule has 1 atom stereocenters. The van der Waals surface area contributed by atoms with Crippen molar-refractivity contribution in [3.63, 3.8) is 0 Å². The average Bonchev–Trinajstić information content (AvgIpc) is 2.37. The fourth-order valence-electron chi connectivity index (χ4n) is 1.39. The molecule has 106 valence electrons. The quantitative estimate of drug-likeness (QED) is 0.735. The summed E-state index contributed by atoms with van der Waals surface area (Å²) >= 11 is 0. The second-order valence-electron chi connectivity index (χ2n) is 4.00. The Morgan fingerprint density at radius 1 is 1.21 bits per heavy atom. The van der Waals surface area contributed by atoms with Crippen LogP contribution in [0.3, 0.4) is 0 Å². The van der Waals surface area contributed by atoms with E-state index < -0.39 is 6.04 Å². The lowest BCUT2D eigenvalue weighted by molar-refractivity contribution is -0.126. The molecule has 0 spiro atoms. The number of amides is 2. The van der Waals surface area contributed by atoms with Crippen LogP contribution in [-0.4, -0.2) is 31.4 Å². The van der Waals surface area contributed by atoms with Crippen molar-refractivity contribution in [2.75, 3.05) is 18.9 Å². The SMILES string of the molecule is CNCCC(=O)NC(C)C(=O)Nc1ccccc1.Cl. The first-order chi connectivity index (χ1) is 8.63. The Morgan fingerprint density at radius 3 is 2.42 bits per heavy atom. The number of carbonyl (C=O) groups is 2. The van der Waals surface area contributed by atoms with Crippen molar-refractivity contribution in [3.05, 3.63) is 30.3 Å². The van der Waals surface area contributed by atoms with Crippen LogP contribution in [0.1, 0.15) is 13.3 Å². The number of hydrogen-bond acceptors (Lipinski definition) is 3. The molecular weight excluding hydrogens is 266 g/mol. The number of carbonyl (C=O) groups excluding carboxylic acids is 2. The molecule has 19 heavy (non-hydrogen) atoms. The summed E-state index contributed by atoms with van der Waals surface area (Å²) < 4.78 is 0. The average molecular weight is 286 g/mol. The van der Waals surface area contributed by atoms with E-state index in [-0.39, 0.29) is 24.2 Å². The summed E-state index contributed by atoms with van der Waals surface area (Å²) in [6.07, 6.45) is 0.361. The number of rotatable bonds is 6. The van der Waals surface area contributed by atoms with Crippen molar-refractivity contribution in [2.45, 2.75) is 19.4 Å². The molecule has 0 saturated carbocycles. The monoisotopic (exact) mass is 285 g/mol. The molecule has 2 amide bonds. The van der Waals surface area contributed by atoms with Crippen molar-refractivity contribution in [3.8, 4) is 0 Å². The molecule has 1 aromatic rings. The van der Waals surface area contributed by atoms with Crippen molar-refractivity contribution in [1.29, 1.82) is 0 Å². The molecule has 0 saturated heterocycles. The zero-order chi connectivity index (χ0) is 13.4. The summed E-state index contributed by atoms with van der Waals surface area (Å²) in [5.41, 5.74) is 0.721. The summed E-state index contributed by atoms with van der Waals surface area (Å²) in [4.78, 5) is 23.2. The zero-order valence-corrected chi connectivity index (χ0v) is 11.9. The van der Waals surface area contributed by atoms with E-state index in [0.29, 0.717) is 13.0 Å². The van der Waals surface area contributed by atoms with Crippen LogP contribution in [0.4, 0.5) is 5.69 Å². The summed E-state index contributed by atoms with van der Waals surface area (Å²) in [5, 5.41) is 8.26. The maximum atomic E-state index is 11.8. The lowest BCUT2D eigenvalue weighted by Crippen LogP contribution is -2.42. The standard InChI is InChI=1S/C13H19N3O2.ClH/c1-10(15-12(17)8-9-14-2)13(18)16-11-6-4-3-5-7-11;/h3-7,10,14H,8-9H2,1-2H3,(H,15,17)(H,16,18);1H. The minimum absolute atomic E-state index is 0. The van der Waals surface area contributed by atoms with Crippen LogP contribution in [0.15, 0.2) is 30.3 Å². The predicted octanol–water partition coefficient (Wildman–Crippen LogP) is 1.16. The first-order valence-corrected chi connectivity index (χ1v) is 5.93. The zero-order valence-electron chi connectivity index (χ0n) is 11.1. The molecular formula is C13H20ClN3O2. The highest BCUT2D eigenvalue weighted by molar-refractivity contribution is 5.96. The number of benzene rings is 1. The van der Waals surface area contributed by atoms with Crippen molar-refractivity contribution in [1.82, 2.24) is 10.6 Å². The summed E-state index contributed by atoms with van der Waals surface area (Å²) in [7, 11) is 1.78. The molecule has 0 radical (unpaired) electrons. The fraction of sp³-hybridized carbons (Fsp3) is 0.385. The van der Waals surface area contributed by atoms with E-state index in [2.05, 4.69) is 16.0 Å². The summed E-state index contributed by atoms with van der Waals surface area (Å²) in [6.45, 7) is 2.26. The van der Waals surface area contributed by atoms with Gasteiger partial charge in [0.2, 0.25) is 11.8 Å².